The lowest BCUT2D eigenvalue weighted by Crippen LogP contribution is -2.40. The predicted molar refractivity (Wildman–Crippen MR) is 77.3 cm³/mol. The summed E-state index contributed by atoms with van der Waals surface area (Å²) in [6.45, 7) is -0.0706. The molecule has 3 amide bonds. The van der Waals surface area contributed by atoms with Gasteiger partial charge >= 0.3 is 6.03 Å². The van der Waals surface area contributed by atoms with E-state index in [0.717, 1.165) is 12.8 Å². The van der Waals surface area contributed by atoms with Crippen molar-refractivity contribution in [2.75, 3.05) is 11.9 Å². The minimum Gasteiger partial charge on any atom is -0.335 e. The monoisotopic (exact) mass is 345 g/mol. The number of anilines is 1. The predicted octanol–water partition coefficient (Wildman–Crippen LogP) is 2.50. The highest BCUT2D eigenvalue weighted by Crippen LogP contribution is 2.25. The first-order valence-electron chi connectivity index (χ1n) is 5.84. The lowest BCUT2D eigenvalue weighted by atomic mass is 10.3. The van der Waals surface area contributed by atoms with Crippen molar-refractivity contribution in [3.8, 4) is 0 Å². The fourth-order valence-corrected chi connectivity index (χ4v) is 1.90. The summed E-state index contributed by atoms with van der Waals surface area (Å²) >= 11 is 9.12. The van der Waals surface area contributed by atoms with Gasteiger partial charge in [0.2, 0.25) is 5.91 Å². The van der Waals surface area contributed by atoms with Gasteiger partial charge in [-0.1, -0.05) is 11.6 Å². The molecule has 1 fully saturated rings. The van der Waals surface area contributed by atoms with E-state index in [0.29, 0.717) is 15.2 Å². The number of amides is 3. The molecule has 19 heavy (non-hydrogen) atoms. The minimum atomic E-state index is -0.310. The maximum atomic E-state index is 11.6. The largest absolute Gasteiger partial charge is 0.335 e. The number of hydrogen-bond acceptors (Lipinski definition) is 2. The van der Waals surface area contributed by atoms with Gasteiger partial charge in [-0.15, -0.1) is 0 Å². The Morgan fingerprint density at radius 1 is 1.37 bits per heavy atom. The first-order chi connectivity index (χ1) is 9.04. The summed E-state index contributed by atoms with van der Waals surface area (Å²) in [5, 5.41) is 8.47. The van der Waals surface area contributed by atoms with Crippen LogP contribution in [0.3, 0.4) is 0 Å². The molecule has 0 aliphatic heterocycles. The van der Waals surface area contributed by atoms with Crippen LogP contribution in [0.15, 0.2) is 22.7 Å². The van der Waals surface area contributed by atoms with Gasteiger partial charge in [-0.3, -0.25) is 4.79 Å². The Bertz CT molecular complexity index is 506. The molecule has 0 radical (unpaired) electrons. The van der Waals surface area contributed by atoms with E-state index in [2.05, 4.69) is 31.9 Å². The number of carbonyl (C=O) groups is 2. The molecule has 7 heteroatoms. The number of rotatable bonds is 4. The second kappa shape index (κ2) is 6.25. The van der Waals surface area contributed by atoms with Crippen LogP contribution >= 0.6 is 27.5 Å². The molecule has 1 saturated carbocycles. The molecule has 1 aromatic carbocycles. The molecule has 0 unspecified atom stereocenters. The number of halogens is 2. The Labute approximate surface area is 124 Å². The standard InChI is InChI=1S/C12H13BrClN3O2/c13-9-5-8(3-4-10(9)14)16-11(18)6-15-12(19)17-7-1-2-7/h3-5,7H,1-2,6H2,(H,16,18)(H2,15,17,19). The Balaban J connectivity index is 1.76. The Hall–Kier alpha value is -1.27. The van der Waals surface area contributed by atoms with E-state index < -0.39 is 0 Å². The second-order valence-electron chi connectivity index (χ2n) is 4.28. The van der Waals surface area contributed by atoms with Crippen molar-refractivity contribution in [1.29, 1.82) is 0 Å². The van der Waals surface area contributed by atoms with E-state index in [9.17, 15) is 9.59 Å². The van der Waals surface area contributed by atoms with E-state index in [1.54, 1.807) is 18.2 Å². The smallest absolute Gasteiger partial charge is 0.315 e. The van der Waals surface area contributed by atoms with Crippen LogP contribution in [0.4, 0.5) is 10.5 Å². The van der Waals surface area contributed by atoms with Crippen molar-refractivity contribution in [3.63, 3.8) is 0 Å². The molecular weight excluding hydrogens is 334 g/mol. The molecule has 0 aromatic heterocycles. The molecule has 102 valence electrons. The summed E-state index contributed by atoms with van der Waals surface area (Å²) in [5.74, 6) is -0.292. The van der Waals surface area contributed by atoms with Crippen molar-refractivity contribution < 1.29 is 9.59 Å². The summed E-state index contributed by atoms with van der Waals surface area (Å²) in [6.07, 6.45) is 2.02. The zero-order chi connectivity index (χ0) is 13.8. The number of carbonyl (C=O) groups excluding carboxylic acids is 2. The fourth-order valence-electron chi connectivity index (χ4n) is 1.40. The highest BCUT2D eigenvalue weighted by atomic mass is 79.9. The molecule has 1 aliphatic rings. The Kier molecular flexibility index (Phi) is 4.66. The summed E-state index contributed by atoms with van der Waals surface area (Å²) in [7, 11) is 0. The first kappa shape index (κ1) is 14.1. The quantitative estimate of drug-likeness (QED) is 0.784. The number of hydrogen-bond donors (Lipinski definition) is 3. The maximum absolute atomic E-state index is 11.6. The van der Waals surface area contributed by atoms with Crippen LogP contribution in [0.5, 0.6) is 0 Å². The van der Waals surface area contributed by atoms with Gasteiger partial charge in [-0.05, 0) is 47.0 Å². The Morgan fingerprint density at radius 2 is 2.11 bits per heavy atom. The SMILES string of the molecule is O=C(CNC(=O)NC1CC1)Nc1ccc(Cl)c(Br)c1. The highest BCUT2D eigenvalue weighted by molar-refractivity contribution is 9.10. The van der Waals surface area contributed by atoms with Crippen molar-refractivity contribution in [1.82, 2.24) is 10.6 Å². The molecule has 0 bridgehead atoms. The van der Waals surface area contributed by atoms with Gasteiger partial charge in [0.05, 0.1) is 11.6 Å². The fraction of sp³-hybridized carbons (Fsp3) is 0.333. The van der Waals surface area contributed by atoms with Crippen LogP contribution in [-0.2, 0) is 4.79 Å². The van der Waals surface area contributed by atoms with E-state index in [1.165, 1.54) is 0 Å². The number of nitrogens with one attached hydrogen (secondary N) is 3. The third-order valence-electron chi connectivity index (χ3n) is 2.53. The van der Waals surface area contributed by atoms with Crippen molar-refractivity contribution >= 4 is 45.2 Å². The average molecular weight is 347 g/mol. The molecule has 0 saturated heterocycles. The van der Waals surface area contributed by atoms with Crippen LogP contribution in [0.1, 0.15) is 12.8 Å². The van der Waals surface area contributed by atoms with Gasteiger partial charge in [0.15, 0.2) is 0 Å². The zero-order valence-corrected chi connectivity index (χ0v) is 12.3. The zero-order valence-electron chi connectivity index (χ0n) is 10.0. The summed E-state index contributed by atoms with van der Waals surface area (Å²) in [5.41, 5.74) is 0.616. The van der Waals surface area contributed by atoms with Crippen molar-refractivity contribution in [2.45, 2.75) is 18.9 Å². The molecule has 0 atom stereocenters. The van der Waals surface area contributed by atoms with Gasteiger partial charge in [0.1, 0.15) is 0 Å². The minimum absolute atomic E-state index is 0.0706. The van der Waals surface area contributed by atoms with Crippen LogP contribution in [0.2, 0.25) is 5.02 Å². The maximum Gasteiger partial charge on any atom is 0.315 e. The number of benzene rings is 1. The molecule has 3 N–H and O–H groups in total. The summed E-state index contributed by atoms with van der Waals surface area (Å²) < 4.78 is 0.700. The summed E-state index contributed by atoms with van der Waals surface area (Å²) in [4.78, 5) is 22.9. The van der Waals surface area contributed by atoms with E-state index >= 15 is 0 Å². The first-order valence-corrected chi connectivity index (χ1v) is 7.01. The molecule has 0 heterocycles. The average Bonchev–Trinajstić information content (AvgIpc) is 3.15. The second-order valence-corrected chi connectivity index (χ2v) is 5.54. The topological polar surface area (TPSA) is 70.2 Å². The van der Waals surface area contributed by atoms with Gasteiger partial charge in [0.25, 0.3) is 0 Å². The third-order valence-corrected chi connectivity index (χ3v) is 3.74. The van der Waals surface area contributed by atoms with Crippen LogP contribution < -0.4 is 16.0 Å². The molecule has 1 aromatic rings. The lowest BCUT2D eigenvalue weighted by Gasteiger charge is -2.08. The highest BCUT2D eigenvalue weighted by Gasteiger charge is 2.23. The molecule has 0 spiro atoms. The van der Waals surface area contributed by atoms with Crippen LogP contribution in [-0.4, -0.2) is 24.5 Å². The van der Waals surface area contributed by atoms with E-state index in [4.69, 9.17) is 11.6 Å². The lowest BCUT2D eigenvalue weighted by molar-refractivity contribution is -0.115. The van der Waals surface area contributed by atoms with E-state index in [-0.39, 0.29) is 24.5 Å². The molecule has 1 aliphatic carbocycles. The van der Waals surface area contributed by atoms with Gasteiger partial charge in [-0.25, -0.2) is 4.79 Å². The van der Waals surface area contributed by atoms with Gasteiger partial charge in [0, 0.05) is 16.2 Å². The van der Waals surface area contributed by atoms with Crippen LogP contribution in [0, 0.1) is 0 Å². The van der Waals surface area contributed by atoms with Crippen LogP contribution in [0.25, 0.3) is 0 Å². The number of urea groups is 1. The Morgan fingerprint density at radius 3 is 2.74 bits per heavy atom. The molecule has 5 nitrogen and oxygen atoms in total. The van der Waals surface area contributed by atoms with Crippen molar-refractivity contribution in [3.05, 3.63) is 27.7 Å². The molecular formula is C12H13BrClN3O2. The van der Waals surface area contributed by atoms with Crippen molar-refractivity contribution in [2.24, 2.45) is 0 Å². The third kappa shape index (κ3) is 4.72. The molecule has 2 rings (SSSR count). The van der Waals surface area contributed by atoms with Gasteiger partial charge < -0.3 is 16.0 Å². The normalized spacial score (nSPS) is 13.8. The van der Waals surface area contributed by atoms with Gasteiger partial charge in [-0.2, -0.15) is 0 Å². The van der Waals surface area contributed by atoms with E-state index in [1.807, 2.05) is 0 Å². The summed E-state index contributed by atoms with van der Waals surface area (Å²) in [6, 6.07) is 5.03.